The van der Waals surface area contributed by atoms with Crippen molar-refractivity contribution < 1.29 is 19.4 Å². The zero-order valence-corrected chi connectivity index (χ0v) is 16.2. The maximum Gasteiger partial charge on any atom is 0.253 e. The van der Waals surface area contributed by atoms with Crippen molar-refractivity contribution in [3.05, 3.63) is 53.4 Å². The summed E-state index contributed by atoms with van der Waals surface area (Å²) < 4.78 is 15.8. The number of carbonyl (C=O) groups is 1. The van der Waals surface area contributed by atoms with Crippen molar-refractivity contribution in [1.82, 2.24) is 24.9 Å². The molecule has 0 aliphatic carbocycles. The van der Waals surface area contributed by atoms with Crippen LogP contribution in [-0.2, 0) is 6.54 Å². The molecule has 3 heterocycles. The van der Waals surface area contributed by atoms with E-state index in [2.05, 4.69) is 25.8 Å². The van der Waals surface area contributed by atoms with E-state index in [9.17, 15) is 19.4 Å². The molecule has 0 spiro atoms. The summed E-state index contributed by atoms with van der Waals surface area (Å²) in [6, 6.07) is 4.38. The molecule has 1 saturated heterocycles. The Hall–Kier alpha value is -2.76. The van der Waals surface area contributed by atoms with E-state index < -0.39 is 23.9 Å². The molecule has 29 heavy (non-hydrogen) atoms. The summed E-state index contributed by atoms with van der Waals surface area (Å²) >= 11 is 1.42. The second-order valence-electron chi connectivity index (χ2n) is 6.59. The van der Waals surface area contributed by atoms with Crippen LogP contribution in [-0.4, -0.2) is 60.7 Å². The summed E-state index contributed by atoms with van der Waals surface area (Å²) in [5.74, 6) is 0.307. The maximum absolute atomic E-state index is 14.1. The highest BCUT2D eigenvalue weighted by atomic mass is 32.2. The highest BCUT2D eigenvalue weighted by Gasteiger charge is 2.38. The fourth-order valence-corrected chi connectivity index (χ4v) is 4.45. The molecule has 1 aromatic carbocycles. The van der Waals surface area contributed by atoms with Crippen molar-refractivity contribution in [3.63, 3.8) is 0 Å². The first kappa shape index (κ1) is 19.6. The van der Waals surface area contributed by atoms with Gasteiger partial charge in [0.2, 0.25) is 5.65 Å². The highest BCUT2D eigenvalue weighted by Crippen LogP contribution is 2.39. The van der Waals surface area contributed by atoms with E-state index in [4.69, 9.17) is 0 Å². The van der Waals surface area contributed by atoms with Crippen LogP contribution in [0.3, 0.4) is 0 Å². The number of nitrogens with one attached hydrogen (secondary N) is 2. The Kier molecular flexibility index (Phi) is 5.35. The normalized spacial score (nSPS) is 21.4. The smallest absolute Gasteiger partial charge is 0.253 e. The average molecular weight is 418 g/mol. The number of fused-ring (bicyclic) bond motifs is 1. The number of aliphatic hydroxyl groups excluding tert-OH is 2. The zero-order chi connectivity index (χ0) is 20.5. The van der Waals surface area contributed by atoms with Crippen molar-refractivity contribution in [2.24, 2.45) is 0 Å². The summed E-state index contributed by atoms with van der Waals surface area (Å²) in [4.78, 5) is 15.9. The van der Waals surface area contributed by atoms with Crippen LogP contribution in [0.5, 0.6) is 0 Å². The van der Waals surface area contributed by atoms with E-state index in [1.807, 2.05) is 0 Å². The Balaban J connectivity index is 1.55. The van der Waals surface area contributed by atoms with Gasteiger partial charge >= 0.3 is 0 Å². The van der Waals surface area contributed by atoms with Crippen LogP contribution in [0, 0.1) is 5.82 Å². The fourth-order valence-electron chi connectivity index (χ4n) is 3.16. The Morgan fingerprint density at radius 1 is 1.38 bits per heavy atom. The maximum atomic E-state index is 14.1. The van der Waals surface area contributed by atoms with Gasteiger partial charge in [-0.15, -0.1) is 22.0 Å². The molecule has 0 bridgehead atoms. The number of aliphatic hydroxyl groups is 2. The van der Waals surface area contributed by atoms with Crippen molar-refractivity contribution >= 4 is 29.1 Å². The molecule has 11 heteroatoms. The predicted molar refractivity (Wildman–Crippen MR) is 105 cm³/mol. The number of thioether (sulfide) groups is 1. The van der Waals surface area contributed by atoms with Gasteiger partial charge in [-0.05, 0) is 17.7 Å². The Labute approximate surface area is 169 Å². The lowest BCUT2D eigenvalue weighted by Crippen LogP contribution is -2.25. The second-order valence-corrected chi connectivity index (χ2v) is 7.76. The SMILES string of the molecule is CNC(=O)c1ccc(CNc2nccn3c([C@@H]4SC[C@@H](O)[C@H]4O)nnc23)cc1F. The molecule has 1 fully saturated rings. The lowest BCUT2D eigenvalue weighted by atomic mass is 10.1. The van der Waals surface area contributed by atoms with Gasteiger partial charge in [0, 0.05) is 31.7 Å². The lowest BCUT2D eigenvalue weighted by Gasteiger charge is -2.14. The quantitative estimate of drug-likeness (QED) is 0.478. The van der Waals surface area contributed by atoms with Gasteiger partial charge in [0.1, 0.15) is 5.82 Å². The topological polar surface area (TPSA) is 125 Å². The highest BCUT2D eigenvalue weighted by molar-refractivity contribution is 7.99. The van der Waals surface area contributed by atoms with Crippen LogP contribution in [0.1, 0.15) is 27.0 Å². The minimum Gasteiger partial charge on any atom is -0.390 e. The molecule has 2 aromatic heterocycles. The summed E-state index contributed by atoms with van der Waals surface area (Å²) in [6.07, 6.45) is 1.54. The average Bonchev–Trinajstić information content (AvgIpc) is 3.29. The third-order valence-corrected chi connectivity index (χ3v) is 6.11. The molecule has 3 atom stereocenters. The molecule has 1 aliphatic heterocycles. The van der Waals surface area contributed by atoms with Crippen molar-refractivity contribution in [1.29, 1.82) is 0 Å². The summed E-state index contributed by atoms with van der Waals surface area (Å²) in [5, 5.41) is 33.4. The second kappa shape index (κ2) is 7.93. The van der Waals surface area contributed by atoms with Crippen molar-refractivity contribution in [2.45, 2.75) is 24.0 Å². The number of aromatic nitrogens is 4. The third kappa shape index (κ3) is 3.63. The van der Waals surface area contributed by atoms with Gasteiger partial charge in [-0.25, -0.2) is 9.37 Å². The van der Waals surface area contributed by atoms with Crippen LogP contribution in [0.4, 0.5) is 10.2 Å². The van der Waals surface area contributed by atoms with Crippen LogP contribution in [0.15, 0.2) is 30.6 Å². The number of anilines is 1. The Morgan fingerprint density at radius 2 is 2.21 bits per heavy atom. The van der Waals surface area contributed by atoms with E-state index in [0.717, 1.165) is 0 Å². The minimum atomic E-state index is -0.918. The fraction of sp³-hybridized carbons (Fsp3) is 0.333. The molecule has 4 N–H and O–H groups in total. The molecule has 1 aliphatic rings. The van der Waals surface area contributed by atoms with Crippen molar-refractivity contribution in [3.8, 4) is 0 Å². The third-order valence-electron chi connectivity index (χ3n) is 4.72. The lowest BCUT2D eigenvalue weighted by molar-refractivity contribution is 0.0404. The molecular weight excluding hydrogens is 399 g/mol. The molecule has 3 aromatic rings. The van der Waals surface area contributed by atoms with E-state index in [0.29, 0.717) is 28.6 Å². The summed E-state index contributed by atoms with van der Waals surface area (Å²) in [7, 11) is 1.44. The number of halogens is 1. The van der Waals surface area contributed by atoms with Gasteiger partial charge in [0.05, 0.1) is 23.0 Å². The number of nitrogens with zero attached hydrogens (tertiary/aromatic N) is 4. The predicted octanol–water partition coefficient (Wildman–Crippen LogP) is 0.745. The van der Waals surface area contributed by atoms with Gasteiger partial charge in [0.25, 0.3) is 5.91 Å². The van der Waals surface area contributed by atoms with Gasteiger partial charge in [-0.2, -0.15) is 0 Å². The van der Waals surface area contributed by atoms with Gasteiger partial charge in [-0.3, -0.25) is 9.20 Å². The van der Waals surface area contributed by atoms with E-state index in [1.54, 1.807) is 22.9 Å². The Bertz CT molecular complexity index is 1060. The molecule has 152 valence electrons. The van der Waals surface area contributed by atoms with Crippen LogP contribution >= 0.6 is 11.8 Å². The first-order valence-electron chi connectivity index (χ1n) is 8.91. The molecule has 4 rings (SSSR count). The number of rotatable bonds is 5. The number of benzene rings is 1. The Morgan fingerprint density at radius 3 is 2.90 bits per heavy atom. The standard InChI is InChI=1S/C18H19FN6O3S/c1-20-18(28)10-3-2-9(6-11(10)19)7-22-15-17-24-23-16(25(17)5-4-21-15)14-13(27)12(26)8-29-14/h2-6,12-14,26-27H,7-8H2,1H3,(H,20,28)(H,21,22)/t12-,13-,14-/m1/s1. The molecule has 1 amide bonds. The van der Waals surface area contributed by atoms with Crippen molar-refractivity contribution in [2.75, 3.05) is 18.1 Å². The minimum absolute atomic E-state index is 0.0200. The first-order chi connectivity index (χ1) is 14.0. The van der Waals surface area contributed by atoms with Crippen LogP contribution < -0.4 is 10.6 Å². The molecule has 0 saturated carbocycles. The molecule has 0 unspecified atom stereocenters. The number of hydrogen-bond acceptors (Lipinski definition) is 8. The van der Waals surface area contributed by atoms with Gasteiger partial charge < -0.3 is 20.8 Å². The number of amides is 1. The van der Waals surface area contributed by atoms with E-state index >= 15 is 0 Å². The van der Waals surface area contributed by atoms with E-state index in [1.165, 1.54) is 30.9 Å². The molecule has 0 radical (unpaired) electrons. The zero-order valence-electron chi connectivity index (χ0n) is 15.4. The molecular formula is C18H19FN6O3S. The number of hydrogen-bond donors (Lipinski definition) is 4. The van der Waals surface area contributed by atoms with Crippen LogP contribution in [0.25, 0.3) is 5.65 Å². The summed E-state index contributed by atoms with van der Waals surface area (Å²) in [5.41, 5.74) is 1.07. The van der Waals surface area contributed by atoms with E-state index in [-0.39, 0.29) is 17.4 Å². The van der Waals surface area contributed by atoms with Crippen LogP contribution in [0.2, 0.25) is 0 Å². The van der Waals surface area contributed by atoms with Gasteiger partial charge in [-0.1, -0.05) is 6.07 Å². The first-order valence-corrected chi connectivity index (χ1v) is 9.96. The largest absolute Gasteiger partial charge is 0.390 e. The monoisotopic (exact) mass is 418 g/mol. The van der Waals surface area contributed by atoms with Gasteiger partial charge in [0.15, 0.2) is 11.6 Å². The molecule has 9 nitrogen and oxygen atoms in total. The summed E-state index contributed by atoms with van der Waals surface area (Å²) in [6.45, 7) is 0.263. The number of carbonyl (C=O) groups excluding carboxylic acids is 1.